The van der Waals surface area contributed by atoms with Crippen LogP contribution in [0.1, 0.15) is 0 Å². The van der Waals surface area contributed by atoms with Gasteiger partial charge in [0.25, 0.3) is 0 Å². The van der Waals surface area contributed by atoms with Crippen LogP contribution in [0.15, 0.2) is 41.3 Å². The van der Waals surface area contributed by atoms with E-state index in [1.54, 1.807) is 6.07 Å². The van der Waals surface area contributed by atoms with Crippen LogP contribution in [0, 0.1) is 0 Å². The van der Waals surface area contributed by atoms with Gasteiger partial charge < -0.3 is 5.11 Å². The van der Waals surface area contributed by atoms with E-state index in [9.17, 15) is 5.11 Å². The van der Waals surface area contributed by atoms with Gasteiger partial charge >= 0.3 is 0 Å². The number of hydrogen-bond donors (Lipinski definition) is 2. The molecule has 0 aliphatic carbocycles. The van der Waals surface area contributed by atoms with Crippen LogP contribution in [0.4, 0.5) is 0 Å². The van der Waals surface area contributed by atoms with Gasteiger partial charge in [-0.25, -0.2) is 0 Å². The molecule has 2 aromatic carbocycles. The molecule has 13 heavy (non-hydrogen) atoms. The van der Waals surface area contributed by atoms with Crippen molar-refractivity contribution < 1.29 is 5.11 Å². The fraction of sp³-hybridized carbons (Fsp3) is 0. The number of nitrogens with two attached hydrogens (primary N) is 1. The molecule has 66 valence electrons. The summed E-state index contributed by atoms with van der Waals surface area (Å²) in [6.07, 6.45) is 0. The maximum absolute atomic E-state index is 9.54. The summed E-state index contributed by atoms with van der Waals surface area (Å²) >= 11 is 1.20. The van der Waals surface area contributed by atoms with Gasteiger partial charge in [-0.1, -0.05) is 24.3 Å². The molecule has 2 nitrogen and oxygen atoms in total. The van der Waals surface area contributed by atoms with Crippen molar-refractivity contribution in [2.45, 2.75) is 4.90 Å². The summed E-state index contributed by atoms with van der Waals surface area (Å²) < 4.78 is 0. The van der Waals surface area contributed by atoms with Gasteiger partial charge in [0, 0.05) is 15.7 Å². The predicted molar refractivity (Wildman–Crippen MR) is 55.7 cm³/mol. The normalized spacial score (nSPS) is 10.5. The van der Waals surface area contributed by atoms with Gasteiger partial charge in [-0.3, -0.25) is 5.14 Å². The second-order valence-electron chi connectivity index (χ2n) is 2.75. The molecule has 0 amide bonds. The van der Waals surface area contributed by atoms with E-state index in [0.29, 0.717) is 5.75 Å². The highest BCUT2D eigenvalue weighted by molar-refractivity contribution is 7.97. The van der Waals surface area contributed by atoms with Crippen LogP contribution < -0.4 is 5.14 Å². The van der Waals surface area contributed by atoms with Crippen molar-refractivity contribution in [1.29, 1.82) is 0 Å². The Morgan fingerprint density at radius 3 is 2.38 bits per heavy atom. The van der Waals surface area contributed by atoms with Crippen LogP contribution >= 0.6 is 11.9 Å². The monoisotopic (exact) mass is 191 g/mol. The third-order valence-corrected chi connectivity index (χ3v) is 2.60. The Kier molecular flexibility index (Phi) is 2.12. The van der Waals surface area contributed by atoms with Crippen molar-refractivity contribution in [3.8, 4) is 5.75 Å². The molecule has 0 bridgehead atoms. The van der Waals surface area contributed by atoms with E-state index in [1.807, 2.05) is 30.3 Å². The average molecular weight is 191 g/mol. The number of benzene rings is 2. The number of phenolic OH excluding ortho intramolecular Hbond substituents is 1. The fourth-order valence-corrected chi connectivity index (χ4v) is 1.81. The first-order chi connectivity index (χ1) is 6.33. The Bertz CT molecular complexity index is 442. The molecule has 0 aliphatic rings. The second kappa shape index (κ2) is 3.28. The first kappa shape index (κ1) is 8.41. The van der Waals surface area contributed by atoms with Gasteiger partial charge in [0.1, 0.15) is 5.75 Å². The molecular formula is C10H9NOS. The summed E-state index contributed by atoms with van der Waals surface area (Å²) in [7, 11) is 0. The van der Waals surface area contributed by atoms with Gasteiger partial charge in [0.05, 0.1) is 0 Å². The van der Waals surface area contributed by atoms with Crippen molar-refractivity contribution in [3.05, 3.63) is 36.4 Å². The van der Waals surface area contributed by atoms with Gasteiger partial charge in [-0.2, -0.15) is 0 Å². The lowest BCUT2D eigenvalue weighted by atomic mass is 10.1. The zero-order valence-corrected chi connectivity index (χ0v) is 7.71. The summed E-state index contributed by atoms with van der Waals surface area (Å²) in [5.74, 6) is 0.299. The minimum absolute atomic E-state index is 0.299. The van der Waals surface area contributed by atoms with Crippen LogP contribution in [0.5, 0.6) is 5.75 Å². The molecule has 0 heterocycles. The van der Waals surface area contributed by atoms with Crippen LogP contribution in [0.3, 0.4) is 0 Å². The molecule has 2 aromatic rings. The summed E-state index contributed by atoms with van der Waals surface area (Å²) in [5, 5.41) is 16.9. The summed E-state index contributed by atoms with van der Waals surface area (Å²) in [6, 6.07) is 11.1. The zero-order valence-electron chi connectivity index (χ0n) is 6.90. The standard InChI is InChI=1S/C10H9NOS/c11-13-10-6-5-9(12)7-3-1-2-4-8(7)10/h1-6,12H,11H2. The molecule has 0 unspecified atom stereocenters. The minimum Gasteiger partial charge on any atom is -0.507 e. The topological polar surface area (TPSA) is 46.2 Å². The number of phenols is 1. The van der Waals surface area contributed by atoms with E-state index in [1.165, 1.54) is 11.9 Å². The first-order valence-corrected chi connectivity index (χ1v) is 4.78. The lowest BCUT2D eigenvalue weighted by molar-refractivity contribution is 0.481. The van der Waals surface area contributed by atoms with E-state index in [-0.39, 0.29) is 0 Å². The highest BCUT2D eigenvalue weighted by atomic mass is 32.2. The molecular weight excluding hydrogens is 182 g/mol. The lowest BCUT2D eigenvalue weighted by Crippen LogP contribution is -1.82. The van der Waals surface area contributed by atoms with E-state index < -0.39 is 0 Å². The van der Waals surface area contributed by atoms with Gasteiger partial charge in [-0.05, 0) is 24.1 Å². The third kappa shape index (κ3) is 1.36. The Morgan fingerprint density at radius 1 is 1.00 bits per heavy atom. The highest BCUT2D eigenvalue weighted by Gasteiger charge is 2.02. The maximum Gasteiger partial charge on any atom is 0.123 e. The summed E-state index contributed by atoms with van der Waals surface area (Å²) in [4.78, 5) is 0.980. The molecule has 0 saturated heterocycles. The first-order valence-electron chi connectivity index (χ1n) is 3.90. The Balaban J connectivity index is 2.84. The van der Waals surface area contributed by atoms with Crippen molar-refractivity contribution in [2.75, 3.05) is 0 Å². The van der Waals surface area contributed by atoms with Crippen molar-refractivity contribution in [3.63, 3.8) is 0 Å². The lowest BCUT2D eigenvalue weighted by Gasteiger charge is -2.04. The Morgan fingerprint density at radius 2 is 1.69 bits per heavy atom. The van der Waals surface area contributed by atoms with Crippen LogP contribution in [-0.2, 0) is 0 Å². The Hall–Kier alpha value is -1.19. The van der Waals surface area contributed by atoms with Crippen molar-refractivity contribution in [2.24, 2.45) is 5.14 Å². The number of aromatic hydroxyl groups is 1. The van der Waals surface area contributed by atoms with Crippen LogP contribution in [-0.4, -0.2) is 5.11 Å². The van der Waals surface area contributed by atoms with Crippen LogP contribution in [0.2, 0.25) is 0 Å². The summed E-state index contributed by atoms with van der Waals surface area (Å²) in [5.41, 5.74) is 0. The molecule has 3 N–H and O–H groups in total. The molecule has 2 rings (SSSR count). The molecule has 0 atom stereocenters. The summed E-state index contributed by atoms with van der Waals surface area (Å²) in [6.45, 7) is 0. The van der Waals surface area contributed by atoms with E-state index in [0.717, 1.165) is 15.7 Å². The average Bonchev–Trinajstić information content (AvgIpc) is 2.19. The van der Waals surface area contributed by atoms with E-state index in [4.69, 9.17) is 5.14 Å². The molecule has 0 fully saturated rings. The Labute approximate surface area is 80.5 Å². The minimum atomic E-state index is 0.299. The molecule has 0 radical (unpaired) electrons. The zero-order chi connectivity index (χ0) is 9.26. The quantitative estimate of drug-likeness (QED) is 0.681. The molecule has 0 saturated carbocycles. The number of fused-ring (bicyclic) bond motifs is 1. The smallest absolute Gasteiger partial charge is 0.123 e. The van der Waals surface area contributed by atoms with Crippen LogP contribution in [0.25, 0.3) is 10.8 Å². The molecule has 0 spiro atoms. The molecule has 3 heteroatoms. The fourth-order valence-electron chi connectivity index (χ4n) is 1.36. The second-order valence-corrected chi connectivity index (χ2v) is 3.42. The van der Waals surface area contributed by atoms with Gasteiger partial charge in [-0.15, -0.1) is 0 Å². The molecule has 0 aliphatic heterocycles. The highest BCUT2D eigenvalue weighted by Crippen LogP contribution is 2.30. The van der Waals surface area contributed by atoms with E-state index in [2.05, 4.69) is 0 Å². The van der Waals surface area contributed by atoms with Crippen molar-refractivity contribution in [1.82, 2.24) is 0 Å². The van der Waals surface area contributed by atoms with Gasteiger partial charge in [0.2, 0.25) is 0 Å². The van der Waals surface area contributed by atoms with Gasteiger partial charge in [0.15, 0.2) is 0 Å². The maximum atomic E-state index is 9.54. The number of rotatable bonds is 1. The third-order valence-electron chi connectivity index (χ3n) is 1.99. The SMILES string of the molecule is NSc1ccc(O)c2ccccc12. The number of hydrogen-bond acceptors (Lipinski definition) is 3. The molecule has 0 aromatic heterocycles. The van der Waals surface area contributed by atoms with Crippen molar-refractivity contribution >= 4 is 22.7 Å². The largest absolute Gasteiger partial charge is 0.507 e. The predicted octanol–water partition coefficient (Wildman–Crippen LogP) is 2.51. The van der Waals surface area contributed by atoms with E-state index >= 15 is 0 Å².